The first kappa shape index (κ1) is 25.5. The first-order chi connectivity index (χ1) is 22.3. The Hall–Kier alpha value is -5.99. The lowest BCUT2D eigenvalue weighted by Gasteiger charge is -2.19. The molecule has 0 amide bonds. The Morgan fingerprint density at radius 3 is 1.51 bits per heavy atom. The van der Waals surface area contributed by atoms with Gasteiger partial charge in [-0.15, -0.1) is 0 Å². The summed E-state index contributed by atoms with van der Waals surface area (Å²) in [5.74, 6) is 0.939. The summed E-state index contributed by atoms with van der Waals surface area (Å²) in [5, 5.41) is 7.53. The van der Waals surface area contributed by atoms with Crippen molar-refractivity contribution in [1.29, 1.82) is 0 Å². The molecule has 2 heteroatoms. The number of para-hydroxylation sites is 3. The molecular formula is C43H28N2. The molecule has 45 heavy (non-hydrogen) atoms. The van der Waals surface area contributed by atoms with Gasteiger partial charge < -0.3 is 0 Å². The van der Waals surface area contributed by atoms with Gasteiger partial charge in [-0.05, 0) is 91.0 Å². The summed E-state index contributed by atoms with van der Waals surface area (Å²) < 4.78 is 2.26. The van der Waals surface area contributed by atoms with Crippen LogP contribution in [0, 0.1) is 0 Å². The predicted octanol–water partition coefficient (Wildman–Crippen LogP) is 11.5. The average Bonchev–Trinajstić information content (AvgIpc) is 3.50. The Morgan fingerprint density at radius 2 is 0.867 bits per heavy atom. The van der Waals surface area contributed by atoms with Gasteiger partial charge in [0.2, 0.25) is 0 Å². The van der Waals surface area contributed by atoms with Crippen LogP contribution in [-0.2, 0) is 0 Å². The monoisotopic (exact) mass is 572 g/mol. The second-order valence-electron chi connectivity index (χ2n) is 11.6. The molecule has 0 fully saturated rings. The summed E-state index contributed by atoms with van der Waals surface area (Å²) in [6.07, 6.45) is 0. The molecule has 0 atom stereocenters. The molecule has 8 aromatic carbocycles. The third-order valence-corrected chi connectivity index (χ3v) is 8.96. The van der Waals surface area contributed by atoms with Gasteiger partial charge in [0.1, 0.15) is 5.82 Å². The molecule has 0 aliphatic rings. The van der Waals surface area contributed by atoms with E-state index in [0.29, 0.717) is 0 Å². The van der Waals surface area contributed by atoms with Gasteiger partial charge in [0.15, 0.2) is 0 Å². The summed E-state index contributed by atoms with van der Waals surface area (Å²) in [7, 11) is 0. The molecule has 0 saturated heterocycles. The highest BCUT2D eigenvalue weighted by atomic mass is 15.1. The maximum absolute atomic E-state index is 5.10. The van der Waals surface area contributed by atoms with Crippen molar-refractivity contribution < 1.29 is 0 Å². The van der Waals surface area contributed by atoms with Crippen LogP contribution < -0.4 is 0 Å². The minimum absolute atomic E-state index is 0.939. The van der Waals surface area contributed by atoms with Crippen LogP contribution in [0.1, 0.15) is 0 Å². The molecule has 0 saturated carbocycles. The number of hydrogen-bond donors (Lipinski definition) is 0. The van der Waals surface area contributed by atoms with E-state index in [9.17, 15) is 0 Å². The van der Waals surface area contributed by atoms with Gasteiger partial charge in [0.25, 0.3) is 0 Å². The number of hydrogen-bond acceptors (Lipinski definition) is 1. The first-order valence-electron chi connectivity index (χ1n) is 15.4. The van der Waals surface area contributed by atoms with Crippen LogP contribution in [-0.4, -0.2) is 9.55 Å². The van der Waals surface area contributed by atoms with Crippen molar-refractivity contribution in [2.75, 3.05) is 0 Å². The van der Waals surface area contributed by atoms with E-state index in [-0.39, 0.29) is 0 Å². The minimum Gasteiger partial charge on any atom is -0.292 e. The van der Waals surface area contributed by atoms with Gasteiger partial charge in [-0.2, -0.15) is 0 Å². The van der Waals surface area contributed by atoms with Crippen LogP contribution in [0.15, 0.2) is 170 Å². The van der Waals surface area contributed by atoms with E-state index in [4.69, 9.17) is 4.98 Å². The van der Waals surface area contributed by atoms with E-state index >= 15 is 0 Å². The van der Waals surface area contributed by atoms with Crippen LogP contribution in [0.5, 0.6) is 0 Å². The third kappa shape index (κ3) is 4.15. The Bertz CT molecular complexity index is 2510. The number of imidazole rings is 1. The predicted molar refractivity (Wildman–Crippen MR) is 190 cm³/mol. The van der Waals surface area contributed by atoms with Crippen molar-refractivity contribution in [3.63, 3.8) is 0 Å². The Kier molecular flexibility index (Phi) is 5.85. The number of fused-ring (bicyclic) bond motifs is 4. The fourth-order valence-corrected chi connectivity index (χ4v) is 6.93. The summed E-state index contributed by atoms with van der Waals surface area (Å²) in [6, 6.07) is 60.9. The maximum Gasteiger partial charge on any atom is 0.145 e. The summed E-state index contributed by atoms with van der Waals surface area (Å²) in [6.45, 7) is 0. The molecule has 1 aromatic heterocycles. The Balaban J connectivity index is 1.30. The zero-order chi connectivity index (χ0) is 29.7. The highest BCUT2D eigenvalue weighted by Gasteiger charge is 2.19. The van der Waals surface area contributed by atoms with Crippen molar-refractivity contribution >= 4 is 43.4 Å². The van der Waals surface area contributed by atoms with Gasteiger partial charge in [-0.1, -0.05) is 133 Å². The Morgan fingerprint density at radius 1 is 0.378 bits per heavy atom. The number of rotatable bonds is 4. The molecular weight excluding hydrogens is 544 g/mol. The molecule has 2 nitrogen and oxygen atoms in total. The lowest BCUT2D eigenvalue weighted by molar-refractivity contribution is 1.10. The molecule has 0 aliphatic heterocycles. The minimum atomic E-state index is 0.939. The molecule has 0 N–H and O–H groups in total. The molecule has 9 rings (SSSR count). The second-order valence-corrected chi connectivity index (χ2v) is 11.6. The molecule has 0 spiro atoms. The SMILES string of the molecule is c1ccc(-c2c3ccccc3c(-c3ccc(-c4nc5ccccc5n4-c4ccccc4)cc3)c3cc4ccccc4cc23)cc1. The van der Waals surface area contributed by atoms with Crippen molar-refractivity contribution in [2.45, 2.75) is 0 Å². The standard InChI is InChI=1S/C43H28N2/c1-3-13-29(14-4-1)41-35-19-9-10-20-36(35)42(38-28-33-16-8-7-15-32(33)27-37(38)41)30-23-25-31(26-24-30)43-44-39-21-11-12-22-40(39)45(43)34-17-5-2-6-18-34/h1-28H. The van der Waals surface area contributed by atoms with Gasteiger partial charge in [-0.25, -0.2) is 4.98 Å². The third-order valence-electron chi connectivity index (χ3n) is 8.96. The van der Waals surface area contributed by atoms with Gasteiger partial charge in [-0.3, -0.25) is 4.57 Å². The van der Waals surface area contributed by atoms with E-state index in [0.717, 1.165) is 28.1 Å². The molecule has 0 radical (unpaired) electrons. The van der Waals surface area contributed by atoms with E-state index in [1.54, 1.807) is 0 Å². The van der Waals surface area contributed by atoms with Crippen molar-refractivity contribution in [2.24, 2.45) is 0 Å². The van der Waals surface area contributed by atoms with Crippen molar-refractivity contribution in [3.8, 4) is 39.3 Å². The van der Waals surface area contributed by atoms with E-state index in [1.807, 2.05) is 0 Å². The fraction of sp³-hybridized carbons (Fsp3) is 0. The van der Waals surface area contributed by atoms with Crippen LogP contribution in [0.2, 0.25) is 0 Å². The number of aromatic nitrogens is 2. The van der Waals surface area contributed by atoms with Crippen molar-refractivity contribution in [1.82, 2.24) is 9.55 Å². The van der Waals surface area contributed by atoms with Crippen LogP contribution in [0.3, 0.4) is 0 Å². The zero-order valence-corrected chi connectivity index (χ0v) is 24.6. The zero-order valence-electron chi connectivity index (χ0n) is 24.6. The van der Waals surface area contributed by atoms with Crippen LogP contribution in [0.25, 0.3) is 82.7 Å². The second kappa shape index (κ2) is 10.3. The molecule has 0 unspecified atom stereocenters. The van der Waals surface area contributed by atoms with E-state index in [2.05, 4.69) is 174 Å². The van der Waals surface area contributed by atoms with E-state index in [1.165, 1.54) is 54.6 Å². The fourth-order valence-electron chi connectivity index (χ4n) is 6.93. The quantitative estimate of drug-likeness (QED) is 0.192. The maximum atomic E-state index is 5.10. The van der Waals surface area contributed by atoms with Crippen molar-refractivity contribution in [3.05, 3.63) is 170 Å². The van der Waals surface area contributed by atoms with Gasteiger partial charge in [0.05, 0.1) is 11.0 Å². The topological polar surface area (TPSA) is 17.8 Å². The molecule has 9 aromatic rings. The van der Waals surface area contributed by atoms with Gasteiger partial charge in [0, 0.05) is 11.3 Å². The number of benzene rings is 8. The summed E-state index contributed by atoms with van der Waals surface area (Å²) in [5.41, 5.74) is 9.24. The largest absolute Gasteiger partial charge is 0.292 e. The lowest BCUT2D eigenvalue weighted by Crippen LogP contribution is -1.97. The number of nitrogens with zero attached hydrogens (tertiary/aromatic N) is 2. The normalized spacial score (nSPS) is 11.6. The van der Waals surface area contributed by atoms with Gasteiger partial charge >= 0.3 is 0 Å². The van der Waals surface area contributed by atoms with Crippen LogP contribution in [0.4, 0.5) is 0 Å². The van der Waals surface area contributed by atoms with Crippen LogP contribution >= 0.6 is 0 Å². The highest BCUT2D eigenvalue weighted by Crippen LogP contribution is 2.45. The lowest BCUT2D eigenvalue weighted by atomic mass is 9.85. The molecule has 0 bridgehead atoms. The summed E-state index contributed by atoms with van der Waals surface area (Å²) >= 11 is 0. The molecule has 0 aliphatic carbocycles. The molecule has 210 valence electrons. The average molecular weight is 573 g/mol. The molecule has 1 heterocycles. The summed E-state index contributed by atoms with van der Waals surface area (Å²) in [4.78, 5) is 5.10. The van der Waals surface area contributed by atoms with E-state index < -0.39 is 0 Å². The highest BCUT2D eigenvalue weighted by molar-refractivity contribution is 6.23. The Labute approximate surface area is 261 Å². The first-order valence-corrected chi connectivity index (χ1v) is 15.4. The smallest absolute Gasteiger partial charge is 0.145 e.